The lowest BCUT2D eigenvalue weighted by Crippen LogP contribution is -2.19. The topological polar surface area (TPSA) is 41.9 Å². The van der Waals surface area contributed by atoms with Crippen LogP contribution in [-0.2, 0) is 6.54 Å². The SMILES string of the molecule is Fc1c(F)c(F)c(Cn2ccc(NC(=S)Nc3ccc(Br)cc3)n2)c(F)c1F. The summed E-state index contributed by atoms with van der Waals surface area (Å²) in [4.78, 5) is 0. The van der Waals surface area contributed by atoms with Crippen molar-refractivity contribution in [1.29, 1.82) is 0 Å². The first-order valence-electron chi connectivity index (χ1n) is 7.63. The zero-order chi connectivity index (χ0) is 20.4. The molecule has 0 bridgehead atoms. The molecule has 0 fully saturated rings. The van der Waals surface area contributed by atoms with Crippen LogP contribution >= 0.6 is 28.1 Å². The maximum atomic E-state index is 13.8. The van der Waals surface area contributed by atoms with Gasteiger partial charge < -0.3 is 10.6 Å². The molecule has 3 aromatic rings. The average molecular weight is 477 g/mol. The summed E-state index contributed by atoms with van der Waals surface area (Å²) in [7, 11) is 0. The van der Waals surface area contributed by atoms with Crippen molar-refractivity contribution < 1.29 is 22.0 Å². The van der Waals surface area contributed by atoms with Crippen LogP contribution in [0.3, 0.4) is 0 Å². The number of hydrogen-bond acceptors (Lipinski definition) is 2. The van der Waals surface area contributed by atoms with E-state index in [-0.39, 0.29) is 10.9 Å². The fraction of sp³-hybridized carbons (Fsp3) is 0.0588. The van der Waals surface area contributed by atoms with Gasteiger partial charge in [0.25, 0.3) is 0 Å². The highest BCUT2D eigenvalue weighted by molar-refractivity contribution is 9.10. The summed E-state index contributed by atoms with van der Waals surface area (Å²) < 4.78 is 69.1. The minimum absolute atomic E-state index is 0.198. The van der Waals surface area contributed by atoms with E-state index in [9.17, 15) is 22.0 Å². The van der Waals surface area contributed by atoms with Crippen molar-refractivity contribution in [1.82, 2.24) is 9.78 Å². The Hall–Kier alpha value is -2.53. The molecule has 0 atom stereocenters. The molecule has 2 aromatic carbocycles. The molecule has 0 aliphatic carbocycles. The summed E-state index contributed by atoms with van der Waals surface area (Å²) in [5, 5.41) is 9.82. The second-order valence-corrected chi connectivity index (χ2v) is 6.86. The Balaban J connectivity index is 1.71. The van der Waals surface area contributed by atoms with Crippen molar-refractivity contribution in [2.45, 2.75) is 6.54 Å². The predicted octanol–water partition coefficient (Wildman–Crippen LogP) is 5.20. The molecule has 146 valence electrons. The van der Waals surface area contributed by atoms with Crippen LogP contribution in [0.1, 0.15) is 5.56 Å². The number of benzene rings is 2. The number of thiocarbonyl (C=S) groups is 1. The Morgan fingerprint density at radius 3 is 2.07 bits per heavy atom. The maximum Gasteiger partial charge on any atom is 0.200 e. The van der Waals surface area contributed by atoms with Crippen molar-refractivity contribution in [3.8, 4) is 0 Å². The van der Waals surface area contributed by atoms with E-state index in [0.717, 1.165) is 9.15 Å². The van der Waals surface area contributed by atoms with Gasteiger partial charge in [0.2, 0.25) is 5.82 Å². The van der Waals surface area contributed by atoms with Gasteiger partial charge in [-0.1, -0.05) is 15.9 Å². The molecule has 0 saturated heterocycles. The number of rotatable bonds is 4. The molecule has 1 heterocycles. The number of anilines is 2. The largest absolute Gasteiger partial charge is 0.332 e. The number of halogens is 6. The number of hydrogen-bond donors (Lipinski definition) is 2. The second kappa shape index (κ2) is 8.23. The van der Waals surface area contributed by atoms with Gasteiger partial charge >= 0.3 is 0 Å². The summed E-state index contributed by atoms with van der Waals surface area (Å²) in [5.41, 5.74) is -0.275. The first kappa shape index (κ1) is 20.2. The van der Waals surface area contributed by atoms with Crippen molar-refractivity contribution in [3.63, 3.8) is 0 Å². The first-order valence-corrected chi connectivity index (χ1v) is 8.83. The third-order valence-corrected chi connectivity index (χ3v) is 4.34. The molecule has 1 aromatic heterocycles. The van der Waals surface area contributed by atoms with Crippen molar-refractivity contribution >= 4 is 44.8 Å². The van der Waals surface area contributed by atoms with Gasteiger partial charge in [-0.05, 0) is 36.5 Å². The molecule has 0 aliphatic heterocycles. The van der Waals surface area contributed by atoms with Crippen LogP contribution in [0.15, 0.2) is 41.0 Å². The Morgan fingerprint density at radius 1 is 0.893 bits per heavy atom. The van der Waals surface area contributed by atoms with Crippen LogP contribution in [0.4, 0.5) is 33.5 Å². The summed E-state index contributed by atoms with van der Waals surface area (Å²) >= 11 is 8.44. The number of aromatic nitrogens is 2. The van der Waals surface area contributed by atoms with Gasteiger partial charge in [-0.15, -0.1) is 0 Å². The van der Waals surface area contributed by atoms with Gasteiger partial charge in [0, 0.05) is 22.4 Å². The van der Waals surface area contributed by atoms with E-state index < -0.39 is 41.2 Å². The van der Waals surface area contributed by atoms with Crippen LogP contribution < -0.4 is 10.6 Å². The van der Waals surface area contributed by atoms with Gasteiger partial charge in [0.15, 0.2) is 34.2 Å². The molecule has 0 spiro atoms. The summed E-state index contributed by atoms with van der Waals surface area (Å²) in [6.45, 7) is -0.652. The minimum atomic E-state index is -2.20. The zero-order valence-corrected chi connectivity index (χ0v) is 16.1. The lowest BCUT2D eigenvalue weighted by atomic mass is 10.1. The van der Waals surface area contributed by atoms with Crippen LogP contribution in [-0.4, -0.2) is 14.9 Å². The molecule has 2 N–H and O–H groups in total. The van der Waals surface area contributed by atoms with E-state index in [1.165, 1.54) is 12.3 Å². The van der Waals surface area contributed by atoms with Crippen LogP contribution in [0.2, 0.25) is 0 Å². The van der Waals surface area contributed by atoms with E-state index in [1.54, 1.807) is 12.1 Å². The molecule has 0 amide bonds. The summed E-state index contributed by atoms with van der Waals surface area (Å²) in [6, 6.07) is 8.61. The third-order valence-electron chi connectivity index (χ3n) is 3.61. The molecule has 3 rings (SSSR count). The predicted molar refractivity (Wildman–Crippen MR) is 102 cm³/mol. The standard InChI is InChI=1S/C17H10BrF5N4S/c18-8-1-3-9(4-2-8)24-17(28)25-11-5-6-27(26-11)7-10-12(19)14(21)16(23)15(22)13(10)20/h1-6H,7H2,(H2,24,25,26,28). The highest BCUT2D eigenvalue weighted by atomic mass is 79.9. The van der Waals surface area contributed by atoms with Gasteiger partial charge in [-0.2, -0.15) is 5.10 Å². The molecule has 0 unspecified atom stereocenters. The zero-order valence-electron chi connectivity index (χ0n) is 13.7. The molecule has 0 radical (unpaired) electrons. The Morgan fingerprint density at radius 2 is 1.46 bits per heavy atom. The minimum Gasteiger partial charge on any atom is -0.332 e. The van der Waals surface area contributed by atoms with Crippen molar-refractivity contribution in [3.05, 3.63) is 75.7 Å². The average Bonchev–Trinajstić information content (AvgIpc) is 3.10. The van der Waals surface area contributed by atoms with Gasteiger partial charge in [0.05, 0.1) is 12.1 Å². The van der Waals surface area contributed by atoms with E-state index in [2.05, 4.69) is 31.7 Å². The van der Waals surface area contributed by atoms with E-state index in [0.29, 0.717) is 5.69 Å². The van der Waals surface area contributed by atoms with Crippen LogP contribution in [0.25, 0.3) is 0 Å². The first-order chi connectivity index (χ1) is 13.3. The molecule has 11 heteroatoms. The van der Waals surface area contributed by atoms with E-state index >= 15 is 0 Å². The smallest absolute Gasteiger partial charge is 0.200 e. The van der Waals surface area contributed by atoms with E-state index in [4.69, 9.17) is 12.2 Å². The lowest BCUT2D eigenvalue weighted by molar-refractivity contribution is 0.367. The molecular weight excluding hydrogens is 467 g/mol. The molecular formula is C17H10BrF5N4S. The van der Waals surface area contributed by atoms with Crippen molar-refractivity contribution in [2.24, 2.45) is 0 Å². The lowest BCUT2D eigenvalue weighted by Gasteiger charge is -2.09. The highest BCUT2D eigenvalue weighted by Crippen LogP contribution is 2.24. The molecule has 28 heavy (non-hydrogen) atoms. The summed E-state index contributed by atoms with van der Waals surface area (Å²) in [6.07, 6.45) is 1.31. The maximum absolute atomic E-state index is 13.8. The van der Waals surface area contributed by atoms with E-state index in [1.807, 2.05) is 12.1 Å². The monoisotopic (exact) mass is 476 g/mol. The Labute approximate surface area is 169 Å². The normalized spacial score (nSPS) is 10.8. The van der Waals surface area contributed by atoms with Gasteiger partial charge in [0.1, 0.15) is 0 Å². The highest BCUT2D eigenvalue weighted by Gasteiger charge is 2.25. The Kier molecular flexibility index (Phi) is 5.94. The number of nitrogens with one attached hydrogen (secondary N) is 2. The van der Waals surface area contributed by atoms with Gasteiger partial charge in [-0.3, -0.25) is 4.68 Å². The molecule has 4 nitrogen and oxygen atoms in total. The fourth-order valence-electron chi connectivity index (χ4n) is 2.28. The fourth-order valence-corrected chi connectivity index (χ4v) is 2.77. The quantitative estimate of drug-likeness (QED) is 0.235. The molecule has 0 saturated carbocycles. The number of nitrogens with zero attached hydrogens (tertiary/aromatic N) is 2. The second-order valence-electron chi connectivity index (χ2n) is 5.53. The third kappa shape index (κ3) is 4.30. The summed E-state index contributed by atoms with van der Waals surface area (Å²) in [5.74, 6) is -9.77. The Bertz CT molecular complexity index is 1010. The molecule has 0 aliphatic rings. The van der Waals surface area contributed by atoms with Crippen LogP contribution in [0, 0.1) is 29.1 Å². The van der Waals surface area contributed by atoms with Crippen molar-refractivity contribution in [2.75, 3.05) is 10.6 Å². The van der Waals surface area contributed by atoms with Crippen LogP contribution in [0.5, 0.6) is 0 Å². The van der Waals surface area contributed by atoms with Gasteiger partial charge in [-0.25, -0.2) is 22.0 Å².